The number of pyridine rings is 2. The Hall–Kier alpha value is -5.45. The number of nitrogens with two attached hydrogens (primary N) is 1. The number of amides is 1. The van der Waals surface area contributed by atoms with E-state index in [0.29, 0.717) is 37.7 Å². The number of ether oxygens (including phenoxy) is 1. The van der Waals surface area contributed by atoms with Crippen LogP contribution in [-0.4, -0.2) is 97.2 Å². The number of alkyl halides is 2. The van der Waals surface area contributed by atoms with Crippen LogP contribution < -0.4 is 15.4 Å². The first-order chi connectivity index (χ1) is 25.4. The van der Waals surface area contributed by atoms with Crippen molar-refractivity contribution in [1.29, 1.82) is 0 Å². The van der Waals surface area contributed by atoms with E-state index in [-0.39, 0.29) is 69.4 Å². The molecule has 13 nitrogen and oxygen atoms in total. The third kappa shape index (κ3) is 6.36. The quantitative estimate of drug-likeness (QED) is 0.154. The van der Waals surface area contributed by atoms with Gasteiger partial charge in [0.15, 0.2) is 5.82 Å². The fraction of sp³-hybridized carbons (Fsp3) is 0.417. The monoisotopic (exact) mass is 732 g/mol. The minimum absolute atomic E-state index is 0.0226. The highest BCUT2D eigenvalue weighted by Gasteiger charge is 2.45. The minimum atomic E-state index is -3.28. The molecule has 0 saturated carbocycles. The van der Waals surface area contributed by atoms with Crippen LogP contribution in [0, 0.1) is 11.6 Å². The molecule has 3 aliphatic heterocycles. The average Bonchev–Trinajstić information content (AvgIpc) is 3.94. The largest absolute Gasteiger partial charge is 0.461 e. The molecule has 5 aromatic rings. The second kappa shape index (κ2) is 13.2. The maximum atomic E-state index is 16.8. The highest BCUT2D eigenvalue weighted by molar-refractivity contribution is 5.99. The van der Waals surface area contributed by atoms with Gasteiger partial charge in [-0.2, -0.15) is 23.7 Å². The summed E-state index contributed by atoms with van der Waals surface area (Å²) < 4.78 is 70.1. The molecule has 276 valence electrons. The summed E-state index contributed by atoms with van der Waals surface area (Å²) in [7, 11) is 1.79. The Morgan fingerprint density at radius 3 is 2.68 bits per heavy atom. The number of fused-ring (bicyclic) bond motifs is 3. The second-order valence-electron chi connectivity index (χ2n) is 14.0. The first-order valence-corrected chi connectivity index (χ1v) is 17.4. The number of anilines is 2. The van der Waals surface area contributed by atoms with Crippen molar-refractivity contribution < 1.29 is 31.6 Å². The zero-order valence-electron chi connectivity index (χ0n) is 29.0. The lowest BCUT2D eigenvalue weighted by atomic mass is 9.95. The molecule has 0 aliphatic carbocycles. The molecule has 2 N–H and O–H groups in total. The van der Waals surface area contributed by atoms with Crippen LogP contribution >= 0.6 is 0 Å². The number of aromatic nitrogens is 6. The number of nitrogen functional groups attached to an aromatic ring is 1. The molecular formula is C36H36F4N10O3. The lowest BCUT2D eigenvalue weighted by molar-refractivity contribution is -0.125. The number of benzene rings is 1. The van der Waals surface area contributed by atoms with E-state index in [1.807, 2.05) is 4.90 Å². The smallest absolute Gasteiger partial charge is 0.319 e. The number of carbonyl (C=O) groups excluding carboxylic acids is 1. The highest BCUT2D eigenvalue weighted by atomic mass is 19.3. The van der Waals surface area contributed by atoms with E-state index >= 15 is 8.78 Å². The lowest BCUT2D eigenvalue weighted by Gasteiger charge is -2.31. The summed E-state index contributed by atoms with van der Waals surface area (Å²) in [5, 5.41) is 4.06. The summed E-state index contributed by atoms with van der Waals surface area (Å²) in [4.78, 5) is 40.6. The molecule has 8 rings (SSSR count). The van der Waals surface area contributed by atoms with Gasteiger partial charge in [-0.25, -0.2) is 13.8 Å². The van der Waals surface area contributed by atoms with Crippen molar-refractivity contribution in [1.82, 2.24) is 39.9 Å². The second-order valence-corrected chi connectivity index (χ2v) is 14.0. The van der Waals surface area contributed by atoms with Gasteiger partial charge in [0.2, 0.25) is 11.7 Å². The number of nitrogens with zero attached hydrogens (tertiary/aromatic N) is 9. The van der Waals surface area contributed by atoms with Crippen molar-refractivity contribution in [2.45, 2.75) is 56.5 Å². The summed E-state index contributed by atoms with van der Waals surface area (Å²) in [5.74, 6) is -5.71. The van der Waals surface area contributed by atoms with Crippen molar-refractivity contribution in [3.63, 3.8) is 0 Å². The van der Waals surface area contributed by atoms with Gasteiger partial charge < -0.3 is 24.8 Å². The summed E-state index contributed by atoms with van der Waals surface area (Å²) in [6, 6.07) is 5.68. The fourth-order valence-electron chi connectivity index (χ4n) is 7.80. The summed E-state index contributed by atoms with van der Waals surface area (Å²) in [6.45, 7) is 3.62. The maximum Gasteiger partial charge on any atom is 0.319 e. The van der Waals surface area contributed by atoms with Gasteiger partial charge in [0.05, 0.1) is 10.9 Å². The zero-order valence-corrected chi connectivity index (χ0v) is 29.0. The Labute approximate surface area is 300 Å². The van der Waals surface area contributed by atoms with Gasteiger partial charge in [-0.3, -0.25) is 14.7 Å². The standard InChI is InChI=1S/C36H36F4N10O3/c1-35(39,40)33-44-25(53-47-33)8-9-26(51)49-15-10-21(18-49)48(2)32-22-17-42-31(30-27-20(16-24(41)43-30)6-3-7-23(27)37)28(38)29(22)45-34(46-32)52-19-36-11-4-13-50(36)14-5-12-36/h3,6-9,16-17,21H,4-5,10-15,18-19H2,1-2H3,(H2,41,43)/b9-8+. The molecule has 3 saturated heterocycles. The lowest BCUT2D eigenvalue weighted by Crippen LogP contribution is -2.43. The van der Waals surface area contributed by atoms with Gasteiger partial charge in [-0.15, -0.1) is 0 Å². The number of rotatable bonds is 9. The molecule has 0 bridgehead atoms. The van der Waals surface area contributed by atoms with Crippen LogP contribution in [0.5, 0.6) is 6.01 Å². The molecule has 1 amide bonds. The Kier molecular flexibility index (Phi) is 8.62. The molecule has 1 unspecified atom stereocenters. The van der Waals surface area contributed by atoms with Gasteiger partial charge in [-0.1, -0.05) is 17.3 Å². The van der Waals surface area contributed by atoms with Crippen LogP contribution in [0.2, 0.25) is 0 Å². The van der Waals surface area contributed by atoms with E-state index in [2.05, 4.69) is 30.0 Å². The number of hydrogen-bond donors (Lipinski definition) is 1. The van der Waals surface area contributed by atoms with Crippen molar-refractivity contribution in [2.75, 3.05) is 50.5 Å². The van der Waals surface area contributed by atoms with Crippen LogP contribution in [0.25, 0.3) is 39.1 Å². The molecule has 3 aliphatic rings. The van der Waals surface area contributed by atoms with Gasteiger partial charge in [0, 0.05) is 56.8 Å². The normalized spacial score (nSPS) is 18.8. The Balaban J connectivity index is 1.12. The number of carbonyl (C=O) groups is 1. The zero-order chi connectivity index (χ0) is 37.1. The third-order valence-corrected chi connectivity index (χ3v) is 10.5. The van der Waals surface area contributed by atoms with E-state index in [0.717, 1.165) is 38.8 Å². The number of hydrogen-bond acceptors (Lipinski definition) is 12. The highest BCUT2D eigenvalue weighted by Crippen LogP contribution is 2.40. The van der Waals surface area contributed by atoms with Crippen LogP contribution in [0.15, 0.2) is 41.1 Å². The molecule has 0 spiro atoms. The van der Waals surface area contributed by atoms with E-state index in [1.54, 1.807) is 18.0 Å². The van der Waals surface area contributed by atoms with Crippen LogP contribution in [-0.2, 0) is 10.7 Å². The van der Waals surface area contributed by atoms with Crippen LogP contribution in [0.4, 0.5) is 29.2 Å². The Bertz CT molecular complexity index is 2250. The van der Waals surface area contributed by atoms with Crippen molar-refractivity contribution in [3.05, 3.63) is 59.9 Å². The van der Waals surface area contributed by atoms with Gasteiger partial charge in [0.1, 0.15) is 41.0 Å². The Morgan fingerprint density at radius 1 is 1.13 bits per heavy atom. The van der Waals surface area contributed by atoms with Gasteiger partial charge in [-0.05, 0) is 62.7 Å². The topological polar surface area (TPSA) is 153 Å². The summed E-state index contributed by atoms with van der Waals surface area (Å²) in [6.07, 6.45) is 8.43. The van der Waals surface area contributed by atoms with Gasteiger partial charge >= 0.3 is 11.9 Å². The van der Waals surface area contributed by atoms with E-state index in [4.69, 9.17) is 20.0 Å². The van der Waals surface area contributed by atoms with Crippen LogP contribution in [0.3, 0.4) is 0 Å². The molecule has 1 aromatic carbocycles. The average molecular weight is 733 g/mol. The SMILES string of the molecule is CN(c1nc(OCC23CCCN2CCC3)nc2c(F)c(-c3nc(N)cc4cccc(F)c34)ncc12)C1CCN(C(=O)/C=C/c2nc(C(C)(F)F)no2)C1. The van der Waals surface area contributed by atoms with E-state index in [9.17, 15) is 13.6 Å². The maximum absolute atomic E-state index is 16.8. The molecular weight excluding hydrogens is 696 g/mol. The first-order valence-electron chi connectivity index (χ1n) is 17.4. The predicted octanol–water partition coefficient (Wildman–Crippen LogP) is 5.35. The third-order valence-electron chi connectivity index (χ3n) is 10.5. The first kappa shape index (κ1) is 34.6. The fourth-order valence-corrected chi connectivity index (χ4v) is 7.80. The number of likely N-dealkylation sites (tertiary alicyclic amines) is 1. The van der Waals surface area contributed by atoms with Crippen molar-refractivity contribution in [2.24, 2.45) is 0 Å². The van der Waals surface area contributed by atoms with E-state index in [1.165, 1.54) is 36.5 Å². The number of likely N-dealkylation sites (N-methyl/N-ethyl adjacent to an activating group) is 1. The minimum Gasteiger partial charge on any atom is -0.461 e. The molecule has 1 atom stereocenters. The number of halogens is 4. The Morgan fingerprint density at radius 2 is 1.92 bits per heavy atom. The molecule has 3 fully saturated rings. The van der Waals surface area contributed by atoms with E-state index < -0.39 is 23.4 Å². The molecule has 4 aromatic heterocycles. The van der Waals surface area contributed by atoms with Crippen molar-refractivity contribution in [3.8, 4) is 17.4 Å². The predicted molar refractivity (Wildman–Crippen MR) is 187 cm³/mol. The van der Waals surface area contributed by atoms with Crippen LogP contribution in [0.1, 0.15) is 50.7 Å². The van der Waals surface area contributed by atoms with Gasteiger partial charge in [0.25, 0.3) is 5.89 Å². The molecule has 17 heteroatoms. The van der Waals surface area contributed by atoms with Crippen molar-refractivity contribution >= 4 is 45.3 Å². The molecule has 0 radical (unpaired) electrons. The molecule has 7 heterocycles. The molecule has 53 heavy (non-hydrogen) atoms. The summed E-state index contributed by atoms with van der Waals surface area (Å²) >= 11 is 0. The summed E-state index contributed by atoms with van der Waals surface area (Å²) in [5.41, 5.74) is 5.56.